The number of rotatable bonds is 10. The summed E-state index contributed by atoms with van der Waals surface area (Å²) in [6.07, 6.45) is 4.50. The normalized spacial score (nSPS) is 16.5. The van der Waals surface area contributed by atoms with E-state index in [1.807, 2.05) is 37.3 Å². The third kappa shape index (κ3) is 6.44. The van der Waals surface area contributed by atoms with Gasteiger partial charge in [-0.2, -0.15) is 0 Å². The van der Waals surface area contributed by atoms with Gasteiger partial charge in [0, 0.05) is 26.2 Å². The summed E-state index contributed by atoms with van der Waals surface area (Å²) in [6.45, 7) is 8.37. The molecule has 2 aromatic rings. The van der Waals surface area contributed by atoms with Gasteiger partial charge in [-0.1, -0.05) is 37.1 Å². The molecule has 3 rings (SSSR count). The first-order chi connectivity index (χ1) is 14.6. The van der Waals surface area contributed by atoms with Crippen LogP contribution in [0.1, 0.15) is 44.1 Å². The fourth-order valence-corrected chi connectivity index (χ4v) is 3.93. The lowest BCUT2D eigenvalue weighted by Gasteiger charge is -2.32. The van der Waals surface area contributed by atoms with Crippen LogP contribution in [0.25, 0.3) is 10.8 Å². The maximum absolute atomic E-state index is 12.4. The van der Waals surface area contributed by atoms with E-state index >= 15 is 0 Å². The van der Waals surface area contributed by atoms with Crippen LogP contribution in [0.15, 0.2) is 36.4 Å². The number of hydrogen-bond acceptors (Lipinski definition) is 5. The number of nitrogens with zero attached hydrogens (tertiary/aromatic N) is 2. The topological polar surface area (TPSA) is 42.0 Å². The zero-order valence-corrected chi connectivity index (χ0v) is 18.7. The van der Waals surface area contributed by atoms with Gasteiger partial charge in [-0.25, -0.2) is 0 Å². The molecule has 0 aliphatic carbocycles. The molecule has 5 nitrogen and oxygen atoms in total. The Labute approximate surface area is 180 Å². The lowest BCUT2D eigenvalue weighted by molar-refractivity contribution is -0.145. The SMILES string of the molecule is COc1ccc2cc(C(C)C(=O)OCCCCCCN3CCN(C)CC3)ccc2c1. The molecule has 1 atom stereocenters. The average Bonchev–Trinajstić information content (AvgIpc) is 2.78. The van der Waals surface area contributed by atoms with Crippen LogP contribution < -0.4 is 4.74 Å². The van der Waals surface area contributed by atoms with E-state index in [0.717, 1.165) is 34.9 Å². The zero-order chi connectivity index (χ0) is 21.3. The van der Waals surface area contributed by atoms with Crippen molar-refractivity contribution in [1.29, 1.82) is 0 Å². The van der Waals surface area contributed by atoms with Gasteiger partial charge in [-0.15, -0.1) is 0 Å². The summed E-state index contributed by atoms with van der Waals surface area (Å²) < 4.78 is 10.8. The zero-order valence-electron chi connectivity index (χ0n) is 18.7. The van der Waals surface area contributed by atoms with Gasteiger partial charge in [-0.3, -0.25) is 4.79 Å². The van der Waals surface area contributed by atoms with E-state index in [9.17, 15) is 4.79 Å². The van der Waals surface area contributed by atoms with Gasteiger partial charge in [0.25, 0.3) is 0 Å². The lowest BCUT2D eigenvalue weighted by atomic mass is 9.98. The Hall–Kier alpha value is -2.11. The summed E-state index contributed by atoms with van der Waals surface area (Å²) >= 11 is 0. The molecule has 164 valence electrons. The van der Waals surface area contributed by atoms with Crippen molar-refractivity contribution in [2.24, 2.45) is 0 Å². The molecule has 0 bridgehead atoms. The fraction of sp³-hybridized carbons (Fsp3) is 0.560. The Morgan fingerprint density at radius 2 is 1.67 bits per heavy atom. The molecule has 2 aromatic carbocycles. The number of carbonyl (C=O) groups excluding carboxylic acids is 1. The van der Waals surface area contributed by atoms with E-state index < -0.39 is 0 Å². The first-order valence-corrected chi connectivity index (χ1v) is 11.2. The molecule has 0 N–H and O–H groups in total. The van der Waals surface area contributed by atoms with E-state index in [-0.39, 0.29) is 11.9 Å². The average molecular weight is 413 g/mol. The fourth-order valence-electron chi connectivity index (χ4n) is 3.93. The van der Waals surface area contributed by atoms with Gasteiger partial charge in [0.05, 0.1) is 19.6 Å². The van der Waals surface area contributed by atoms with Crippen LogP contribution in [-0.2, 0) is 9.53 Å². The molecule has 0 spiro atoms. The molecular weight excluding hydrogens is 376 g/mol. The van der Waals surface area contributed by atoms with E-state index in [2.05, 4.69) is 22.9 Å². The quantitative estimate of drug-likeness (QED) is 0.430. The van der Waals surface area contributed by atoms with E-state index in [0.29, 0.717) is 6.61 Å². The molecule has 0 saturated carbocycles. The maximum Gasteiger partial charge on any atom is 0.313 e. The van der Waals surface area contributed by atoms with Crippen LogP contribution in [0.2, 0.25) is 0 Å². The van der Waals surface area contributed by atoms with E-state index in [1.54, 1.807) is 7.11 Å². The first-order valence-electron chi connectivity index (χ1n) is 11.2. The van der Waals surface area contributed by atoms with Crippen molar-refractivity contribution in [2.75, 3.05) is 53.5 Å². The second kappa shape index (κ2) is 11.3. The third-order valence-corrected chi connectivity index (χ3v) is 6.13. The minimum Gasteiger partial charge on any atom is -0.497 e. The number of unbranched alkanes of at least 4 members (excludes halogenated alkanes) is 3. The number of methoxy groups -OCH3 is 1. The standard InChI is InChI=1S/C25H36N2O3/c1-20(21-8-9-23-19-24(29-3)11-10-22(23)18-21)25(28)30-17-7-5-4-6-12-27-15-13-26(2)14-16-27/h8-11,18-20H,4-7,12-17H2,1-3H3. The number of ether oxygens (including phenoxy) is 2. The van der Waals surface area contributed by atoms with E-state index in [1.165, 1.54) is 45.6 Å². The molecule has 1 fully saturated rings. The third-order valence-electron chi connectivity index (χ3n) is 6.13. The maximum atomic E-state index is 12.4. The van der Waals surface area contributed by atoms with Crippen molar-refractivity contribution in [3.8, 4) is 5.75 Å². The van der Waals surface area contributed by atoms with Gasteiger partial charge in [0.2, 0.25) is 0 Å². The predicted molar refractivity (Wildman–Crippen MR) is 122 cm³/mol. The molecule has 1 aliphatic heterocycles. The second-order valence-corrected chi connectivity index (χ2v) is 8.42. The minimum absolute atomic E-state index is 0.139. The van der Waals surface area contributed by atoms with Crippen molar-refractivity contribution >= 4 is 16.7 Å². The van der Waals surface area contributed by atoms with Crippen LogP contribution in [0.3, 0.4) is 0 Å². The van der Waals surface area contributed by atoms with Crippen molar-refractivity contribution in [1.82, 2.24) is 9.80 Å². The van der Waals surface area contributed by atoms with Gasteiger partial charge < -0.3 is 19.3 Å². The molecule has 0 amide bonds. The summed E-state index contributed by atoms with van der Waals surface area (Å²) in [4.78, 5) is 17.4. The van der Waals surface area contributed by atoms with Crippen LogP contribution in [0.4, 0.5) is 0 Å². The number of piperazine rings is 1. The number of benzene rings is 2. The minimum atomic E-state index is -0.256. The first kappa shape index (κ1) is 22.6. The predicted octanol–water partition coefficient (Wildman–Crippen LogP) is 4.30. The molecular formula is C25H36N2O3. The summed E-state index contributed by atoms with van der Waals surface area (Å²) in [5.41, 5.74) is 0.991. The number of hydrogen-bond donors (Lipinski definition) is 0. The Bertz CT molecular complexity index is 815. The van der Waals surface area contributed by atoms with Crippen molar-refractivity contribution in [3.05, 3.63) is 42.0 Å². The van der Waals surface area contributed by atoms with E-state index in [4.69, 9.17) is 9.47 Å². The van der Waals surface area contributed by atoms with Crippen molar-refractivity contribution in [3.63, 3.8) is 0 Å². The monoisotopic (exact) mass is 412 g/mol. The Morgan fingerprint density at radius 1 is 0.967 bits per heavy atom. The van der Waals surface area contributed by atoms with Crippen LogP contribution in [0, 0.1) is 0 Å². The largest absolute Gasteiger partial charge is 0.497 e. The van der Waals surface area contributed by atoms with Gasteiger partial charge >= 0.3 is 5.97 Å². The van der Waals surface area contributed by atoms with Crippen molar-refractivity contribution in [2.45, 2.75) is 38.5 Å². The highest BCUT2D eigenvalue weighted by Gasteiger charge is 2.17. The number of carbonyl (C=O) groups is 1. The second-order valence-electron chi connectivity index (χ2n) is 8.42. The Balaban J connectivity index is 1.34. The summed E-state index contributed by atoms with van der Waals surface area (Å²) in [5, 5.41) is 2.21. The molecule has 30 heavy (non-hydrogen) atoms. The highest BCUT2D eigenvalue weighted by atomic mass is 16.5. The molecule has 0 radical (unpaired) electrons. The smallest absolute Gasteiger partial charge is 0.313 e. The lowest BCUT2D eigenvalue weighted by Crippen LogP contribution is -2.44. The summed E-state index contributed by atoms with van der Waals surface area (Å²) in [5.74, 6) is 0.445. The van der Waals surface area contributed by atoms with Crippen molar-refractivity contribution < 1.29 is 14.3 Å². The van der Waals surface area contributed by atoms with Gasteiger partial charge in [0.15, 0.2) is 0 Å². The molecule has 1 unspecified atom stereocenters. The molecule has 1 heterocycles. The number of likely N-dealkylation sites (N-methyl/N-ethyl adjacent to an activating group) is 1. The van der Waals surface area contributed by atoms with Crippen LogP contribution in [0.5, 0.6) is 5.75 Å². The Morgan fingerprint density at radius 3 is 2.43 bits per heavy atom. The summed E-state index contributed by atoms with van der Waals surface area (Å²) in [7, 11) is 3.86. The number of esters is 1. The molecule has 1 aliphatic rings. The molecule has 5 heteroatoms. The van der Waals surface area contributed by atoms with Gasteiger partial charge in [0.1, 0.15) is 5.75 Å². The molecule has 1 saturated heterocycles. The van der Waals surface area contributed by atoms with Gasteiger partial charge in [-0.05, 0) is 61.8 Å². The highest BCUT2D eigenvalue weighted by molar-refractivity contribution is 5.86. The number of fused-ring (bicyclic) bond motifs is 1. The summed E-state index contributed by atoms with van der Waals surface area (Å²) in [6, 6.07) is 12.1. The Kier molecular flexibility index (Phi) is 8.52. The van der Waals surface area contributed by atoms with Crippen LogP contribution in [-0.4, -0.2) is 69.3 Å². The van der Waals surface area contributed by atoms with Crippen LogP contribution >= 0.6 is 0 Å². The highest BCUT2D eigenvalue weighted by Crippen LogP contribution is 2.25. The molecule has 0 aromatic heterocycles.